The van der Waals surface area contributed by atoms with Gasteiger partial charge in [0.1, 0.15) is 0 Å². The average molecular weight is 270 g/mol. The molecule has 0 bridgehead atoms. The van der Waals surface area contributed by atoms with Crippen molar-refractivity contribution in [1.29, 1.82) is 0 Å². The van der Waals surface area contributed by atoms with Gasteiger partial charge in [-0.1, -0.05) is 30.3 Å². The van der Waals surface area contributed by atoms with E-state index in [1.807, 2.05) is 18.2 Å². The van der Waals surface area contributed by atoms with Crippen molar-refractivity contribution in [1.82, 2.24) is 0 Å². The van der Waals surface area contributed by atoms with Gasteiger partial charge in [0.05, 0.1) is 6.61 Å². The Bertz CT molecular complexity index is 579. The quantitative estimate of drug-likeness (QED) is 0.777. The van der Waals surface area contributed by atoms with Crippen LogP contribution in [-0.4, -0.2) is 17.6 Å². The smallest absolute Gasteiger partial charge is 0.255 e. The summed E-state index contributed by atoms with van der Waals surface area (Å²) in [6.07, 6.45) is 0.674. The van der Waals surface area contributed by atoms with Crippen molar-refractivity contribution in [2.75, 3.05) is 11.9 Å². The van der Waals surface area contributed by atoms with E-state index in [1.165, 1.54) is 0 Å². The van der Waals surface area contributed by atoms with Gasteiger partial charge in [-0.25, -0.2) is 0 Å². The lowest BCUT2D eigenvalue weighted by Gasteiger charge is -2.10. The van der Waals surface area contributed by atoms with Gasteiger partial charge in [0, 0.05) is 11.3 Å². The Morgan fingerprint density at radius 2 is 1.80 bits per heavy atom. The maximum Gasteiger partial charge on any atom is 0.255 e. The molecule has 20 heavy (non-hydrogen) atoms. The Kier molecular flexibility index (Phi) is 4.87. The van der Waals surface area contributed by atoms with Gasteiger partial charge in [0.15, 0.2) is 0 Å². The Morgan fingerprint density at radius 1 is 1.10 bits per heavy atom. The van der Waals surface area contributed by atoms with Crippen LogP contribution in [0.1, 0.15) is 21.5 Å². The summed E-state index contributed by atoms with van der Waals surface area (Å²) in [5.41, 5.74) is 8.66. The van der Waals surface area contributed by atoms with Crippen molar-refractivity contribution in [2.24, 2.45) is 5.73 Å². The fourth-order valence-electron chi connectivity index (χ4n) is 2.01. The van der Waals surface area contributed by atoms with Crippen LogP contribution in [0.15, 0.2) is 48.5 Å². The third kappa shape index (κ3) is 3.44. The minimum Gasteiger partial charge on any atom is -0.392 e. The van der Waals surface area contributed by atoms with Crippen molar-refractivity contribution < 1.29 is 9.90 Å². The molecular weight excluding hydrogens is 252 g/mol. The van der Waals surface area contributed by atoms with E-state index in [9.17, 15) is 4.79 Å². The third-order valence-corrected chi connectivity index (χ3v) is 3.07. The number of aliphatic hydroxyl groups is 1. The van der Waals surface area contributed by atoms with Gasteiger partial charge in [-0.15, -0.1) is 0 Å². The minimum absolute atomic E-state index is 0.00639. The molecule has 2 aromatic carbocycles. The minimum atomic E-state index is -0.147. The van der Waals surface area contributed by atoms with Crippen molar-refractivity contribution in [3.05, 3.63) is 65.2 Å². The van der Waals surface area contributed by atoms with Crippen LogP contribution >= 0.6 is 0 Å². The second-order valence-electron chi connectivity index (χ2n) is 4.50. The van der Waals surface area contributed by atoms with Crippen LogP contribution < -0.4 is 11.1 Å². The van der Waals surface area contributed by atoms with E-state index in [1.54, 1.807) is 30.3 Å². The molecule has 0 radical (unpaired) electrons. The second kappa shape index (κ2) is 6.84. The molecule has 0 aliphatic carbocycles. The average Bonchev–Trinajstić information content (AvgIpc) is 2.49. The zero-order chi connectivity index (χ0) is 14.4. The summed E-state index contributed by atoms with van der Waals surface area (Å²) in [6.45, 7) is 0.503. The Balaban J connectivity index is 2.15. The van der Waals surface area contributed by atoms with Crippen molar-refractivity contribution >= 4 is 11.6 Å². The van der Waals surface area contributed by atoms with Gasteiger partial charge in [0.25, 0.3) is 5.91 Å². The van der Waals surface area contributed by atoms with Gasteiger partial charge in [-0.05, 0) is 42.3 Å². The molecule has 1 amide bonds. The van der Waals surface area contributed by atoms with Gasteiger partial charge in [-0.2, -0.15) is 0 Å². The molecule has 0 aliphatic heterocycles. The lowest BCUT2D eigenvalue weighted by molar-refractivity contribution is 0.102. The lowest BCUT2D eigenvalue weighted by atomic mass is 10.0. The normalized spacial score (nSPS) is 10.3. The molecule has 2 aromatic rings. The van der Waals surface area contributed by atoms with E-state index in [4.69, 9.17) is 10.8 Å². The summed E-state index contributed by atoms with van der Waals surface area (Å²) >= 11 is 0. The molecule has 4 N–H and O–H groups in total. The molecule has 4 nitrogen and oxygen atoms in total. The highest BCUT2D eigenvalue weighted by atomic mass is 16.3. The first-order valence-electron chi connectivity index (χ1n) is 6.53. The number of nitrogens with two attached hydrogens (primary N) is 1. The highest BCUT2D eigenvalue weighted by Crippen LogP contribution is 2.14. The number of carbonyl (C=O) groups excluding carboxylic acids is 1. The zero-order valence-electron chi connectivity index (χ0n) is 11.2. The van der Waals surface area contributed by atoms with E-state index in [0.717, 1.165) is 11.1 Å². The maximum atomic E-state index is 12.3. The van der Waals surface area contributed by atoms with E-state index >= 15 is 0 Å². The number of rotatable bonds is 5. The molecule has 0 saturated heterocycles. The summed E-state index contributed by atoms with van der Waals surface area (Å²) in [4.78, 5) is 12.3. The summed E-state index contributed by atoms with van der Waals surface area (Å²) < 4.78 is 0. The molecule has 0 saturated carbocycles. The Morgan fingerprint density at radius 3 is 2.45 bits per heavy atom. The predicted octanol–water partition coefficient (Wildman–Crippen LogP) is 1.93. The van der Waals surface area contributed by atoms with Gasteiger partial charge >= 0.3 is 0 Å². The van der Waals surface area contributed by atoms with Gasteiger partial charge < -0.3 is 16.2 Å². The van der Waals surface area contributed by atoms with Crippen molar-refractivity contribution in [2.45, 2.75) is 13.0 Å². The zero-order valence-corrected chi connectivity index (χ0v) is 11.2. The first kappa shape index (κ1) is 14.2. The maximum absolute atomic E-state index is 12.3. The molecule has 2 rings (SSSR count). The lowest BCUT2D eigenvalue weighted by Crippen LogP contribution is -2.15. The molecule has 104 valence electrons. The molecule has 4 heteroatoms. The van der Waals surface area contributed by atoms with E-state index in [-0.39, 0.29) is 12.5 Å². The number of hydrogen-bond donors (Lipinski definition) is 3. The number of nitrogens with one attached hydrogen (secondary N) is 1. The summed E-state index contributed by atoms with van der Waals surface area (Å²) in [5.74, 6) is -0.147. The molecule has 0 fully saturated rings. The first-order chi connectivity index (χ1) is 9.74. The first-order valence-corrected chi connectivity index (χ1v) is 6.53. The highest BCUT2D eigenvalue weighted by Gasteiger charge is 2.10. The summed E-state index contributed by atoms with van der Waals surface area (Å²) in [6, 6.07) is 14.5. The molecule has 0 unspecified atom stereocenters. The van der Waals surface area contributed by atoms with Gasteiger partial charge in [0.2, 0.25) is 0 Å². The van der Waals surface area contributed by atoms with E-state index in [0.29, 0.717) is 24.2 Å². The molecule has 0 heterocycles. The van der Waals surface area contributed by atoms with Crippen molar-refractivity contribution in [3.8, 4) is 0 Å². The second-order valence-corrected chi connectivity index (χ2v) is 4.50. The van der Waals surface area contributed by atoms with E-state index in [2.05, 4.69) is 5.32 Å². The van der Waals surface area contributed by atoms with Crippen LogP contribution in [0.3, 0.4) is 0 Å². The molecule has 0 aliphatic rings. The number of anilines is 1. The van der Waals surface area contributed by atoms with Crippen LogP contribution in [0.4, 0.5) is 5.69 Å². The molecule has 0 spiro atoms. The number of carbonyl (C=O) groups is 1. The largest absolute Gasteiger partial charge is 0.392 e. The fraction of sp³-hybridized carbons (Fsp3) is 0.188. The number of benzene rings is 2. The van der Waals surface area contributed by atoms with E-state index < -0.39 is 0 Å². The van der Waals surface area contributed by atoms with Crippen LogP contribution in [-0.2, 0) is 13.0 Å². The van der Waals surface area contributed by atoms with Crippen LogP contribution in [0.25, 0.3) is 0 Å². The summed E-state index contributed by atoms with van der Waals surface area (Å²) in [5, 5.41) is 11.8. The Hall–Kier alpha value is -2.17. The molecular formula is C16H18N2O2. The van der Waals surface area contributed by atoms with Crippen LogP contribution in [0.2, 0.25) is 0 Å². The van der Waals surface area contributed by atoms with Crippen LogP contribution in [0, 0.1) is 0 Å². The SMILES string of the molecule is NCCc1ccccc1C(=O)Nc1ccc(CO)cc1. The molecule has 0 atom stereocenters. The predicted molar refractivity (Wildman–Crippen MR) is 79.5 cm³/mol. The monoisotopic (exact) mass is 270 g/mol. The number of hydrogen-bond acceptors (Lipinski definition) is 3. The highest BCUT2D eigenvalue weighted by molar-refractivity contribution is 6.05. The summed E-state index contributed by atoms with van der Waals surface area (Å²) in [7, 11) is 0. The number of aliphatic hydroxyl groups excluding tert-OH is 1. The van der Waals surface area contributed by atoms with Crippen molar-refractivity contribution in [3.63, 3.8) is 0 Å². The fourth-order valence-corrected chi connectivity index (χ4v) is 2.01. The van der Waals surface area contributed by atoms with Crippen LogP contribution in [0.5, 0.6) is 0 Å². The third-order valence-electron chi connectivity index (χ3n) is 3.07. The number of amides is 1. The standard InChI is InChI=1S/C16H18N2O2/c17-10-9-13-3-1-2-4-15(13)16(20)18-14-7-5-12(11-19)6-8-14/h1-8,19H,9-11,17H2,(H,18,20). The van der Waals surface area contributed by atoms with Gasteiger partial charge in [-0.3, -0.25) is 4.79 Å². The topological polar surface area (TPSA) is 75.4 Å². The Labute approximate surface area is 118 Å². The molecule has 0 aromatic heterocycles.